The molecule has 50 valence electrons. The van der Waals surface area contributed by atoms with Crippen LogP contribution >= 0.6 is 15.4 Å². The van der Waals surface area contributed by atoms with E-state index in [9.17, 15) is 9.13 Å². The van der Waals surface area contributed by atoms with Crippen molar-refractivity contribution >= 4 is 15.4 Å². The summed E-state index contributed by atoms with van der Waals surface area (Å²) in [4.78, 5) is 8.36. The standard InChI is InChI=1S/C3H4O4P2/c1-2-3-7-9(5,6)8-4/h3H,1H2,(H,5,6). The first-order valence-corrected chi connectivity index (χ1v) is 4.92. The predicted molar refractivity (Wildman–Crippen MR) is 32.2 cm³/mol. The third kappa shape index (κ3) is 4.14. The minimum atomic E-state index is -3.93. The normalized spacial score (nSPS) is 15.7. The summed E-state index contributed by atoms with van der Waals surface area (Å²) in [5.74, 6) is 0. The Morgan fingerprint density at radius 1 is 1.89 bits per heavy atom. The Labute approximate surface area is 53.5 Å². The van der Waals surface area contributed by atoms with E-state index in [0.29, 0.717) is 0 Å². The maximum absolute atomic E-state index is 10.3. The molecule has 0 spiro atoms. The average molecular weight is 166 g/mol. The minimum Gasteiger partial charge on any atom is -0.416 e. The zero-order valence-electron chi connectivity index (χ0n) is 4.35. The van der Waals surface area contributed by atoms with Gasteiger partial charge in [0.1, 0.15) is 6.26 Å². The van der Waals surface area contributed by atoms with Crippen molar-refractivity contribution in [2.75, 3.05) is 0 Å². The number of rotatable bonds is 3. The SMILES string of the molecule is C=C=COP(=O)(O)P=O. The van der Waals surface area contributed by atoms with Gasteiger partial charge in [-0.15, -0.1) is 0 Å². The molecular weight excluding hydrogens is 162 g/mol. The van der Waals surface area contributed by atoms with E-state index in [0.717, 1.165) is 6.26 Å². The Morgan fingerprint density at radius 2 is 2.44 bits per heavy atom. The van der Waals surface area contributed by atoms with E-state index in [2.05, 4.69) is 16.8 Å². The van der Waals surface area contributed by atoms with Crippen LogP contribution in [-0.2, 0) is 13.7 Å². The van der Waals surface area contributed by atoms with Crippen LogP contribution in [0, 0.1) is 0 Å². The van der Waals surface area contributed by atoms with E-state index in [4.69, 9.17) is 4.89 Å². The smallest absolute Gasteiger partial charge is 0.416 e. The molecule has 0 aromatic heterocycles. The van der Waals surface area contributed by atoms with Gasteiger partial charge in [-0.05, 0) is 0 Å². The van der Waals surface area contributed by atoms with Gasteiger partial charge in [-0.2, -0.15) is 0 Å². The van der Waals surface area contributed by atoms with Gasteiger partial charge in [0.25, 0.3) is 8.15 Å². The van der Waals surface area contributed by atoms with Gasteiger partial charge < -0.3 is 9.42 Å². The molecule has 0 amide bonds. The second-order valence-electron chi connectivity index (χ2n) is 1.000. The van der Waals surface area contributed by atoms with Crippen LogP contribution in [0.1, 0.15) is 0 Å². The lowest BCUT2D eigenvalue weighted by Gasteiger charge is -1.96. The largest absolute Gasteiger partial charge is 0.467 e. The molecule has 0 heterocycles. The lowest BCUT2D eigenvalue weighted by Crippen LogP contribution is -1.68. The molecule has 1 N–H and O–H groups in total. The maximum Gasteiger partial charge on any atom is 0.467 e. The van der Waals surface area contributed by atoms with Gasteiger partial charge in [-0.3, -0.25) is 4.57 Å². The van der Waals surface area contributed by atoms with Crippen molar-refractivity contribution in [1.82, 2.24) is 0 Å². The van der Waals surface area contributed by atoms with Crippen LogP contribution in [0.4, 0.5) is 0 Å². The van der Waals surface area contributed by atoms with Gasteiger partial charge >= 0.3 is 7.28 Å². The molecule has 0 aromatic carbocycles. The summed E-state index contributed by atoms with van der Waals surface area (Å²) >= 11 is 0. The first-order chi connectivity index (χ1) is 4.12. The van der Waals surface area contributed by atoms with Crippen LogP contribution in [0.15, 0.2) is 18.6 Å². The summed E-state index contributed by atoms with van der Waals surface area (Å²) in [5.41, 5.74) is 2.09. The van der Waals surface area contributed by atoms with Crippen LogP contribution in [0.3, 0.4) is 0 Å². The van der Waals surface area contributed by atoms with Crippen molar-refractivity contribution in [3.05, 3.63) is 18.6 Å². The van der Waals surface area contributed by atoms with E-state index in [1.165, 1.54) is 0 Å². The van der Waals surface area contributed by atoms with Gasteiger partial charge in [0, 0.05) is 0 Å². The van der Waals surface area contributed by atoms with Crippen LogP contribution in [0.25, 0.3) is 0 Å². The fraction of sp³-hybridized carbons (Fsp3) is 0. The van der Waals surface area contributed by atoms with Gasteiger partial charge in [0.2, 0.25) is 0 Å². The first-order valence-electron chi connectivity index (χ1n) is 1.83. The molecule has 0 saturated heterocycles. The molecule has 9 heavy (non-hydrogen) atoms. The predicted octanol–water partition coefficient (Wildman–Crippen LogP) is 1.69. The molecule has 0 radical (unpaired) electrons. The highest BCUT2D eigenvalue weighted by Crippen LogP contribution is 2.54. The number of hydrogen-bond donors (Lipinski definition) is 1. The molecule has 4 nitrogen and oxygen atoms in total. The van der Waals surface area contributed by atoms with Gasteiger partial charge in [0.15, 0.2) is 0 Å². The molecule has 1 atom stereocenters. The van der Waals surface area contributed by atoms with Crippen molar-refractivity contribution in [1.29, 1.82) is 0 Å². The quantitative estimate of drug-likeness (QED) is 0.393. The molecule has 0 aliphatic rings. The molecule has 0 aliphatic carbocycles. The molecule has 0 bridgehead atoms. The van der Waals surface area contributed by atoms with Crippen molar-refractivity contribution in [2.24, 2.45) is 0 Å². The van der Waals surface area contributed by atoms with Crippen LogP contribution in [-0.4, -0.2) is 4.89 Å². The van der Waals surface area contributed by atoms with Crippen molar-refractivity contribution in [3.8, 4) is 0 Å². The fourth-order valence-electron chi connectivity index (χ4n) is 0.125. The Kier molecular flexibility index (Phi) is 3.44. The van der Waals surface area contributed by atoms with E-state index in [-0.39, 0.29) is 0 Å². The summed E-state index contributed by atoms with van der Waals surface area (Å²) in [6, 6.07) is 0. The summed E-state index contributed by atoms with van der Waals surface area (Å²) < 4.78 is 24.0. The van der Waals surface area contributed by atoms with Gasteiger partial charge in [0.05, 0.1) is 0 Å². The zero-order valence-corrected chi connectivity index (χ0v) is 6.14. The molecule has 0 saturated carbocycles. The average Bonchev–Trinajstić information content (AvgIpc) is 1.84. The van der Waals surface area contributed by atoms with Gasteiger partial charge in [-0.1, -0.05) is 12.3 Å². The Morgan fingerprint density at radius 3 is 2.78 bits per heavy atom. The second-order valence-corrected chi connectivity index (χ2v) is 4.36. The Bertz CT molecular complexity index is 192. The van der Waals surface area contributed by atoms with Crippen LogP contribution in [0.5, 0.6) is 0 Å². The van der Waals surface area contributed by atoms with E-state index in [1.807, 2.05) is 0 Å². The summed E-state index contributed by atoms with van der Waals surface area (Å²) in [6.07, 6.45) is 0.783. The highest BCUT2D eigenvalue weighted by molar-refractivity contribution is 8.14. The topological polar surface area (TPSA) is 63.6 Å². The van der Waals surface area contributed by atoms with E-state index >= 15 is 0 Å². The molecule has 0 fully saturated rings. The minimum absolute atomic E-state index is 0.783. The lowest BCUT2D eigenvalue weighted by atomic mass is 11.0. The lowest BCUT2D eigenvalue weighted by molar-refractivity contribution is 0.367. The summed E-state index contributed by atoms with van der Waals surface area (Å²) in [5, 5.41) is 0. The van der Waals surface area contributed by atoms with E-state index in [1.54, 1.807) is 0 Å². The van der Waals surface area contributed by atoms with Crippen molar-refractivity contribution in [3.63, 3.8) is 0 Å². The molecule has 0 aromatic rings. The Hall–Kier alpha value is -0.390. The van der Waals surface area contributed by atoms with Gasteiger partial charge in [-0.25, -0.2) is 4.57 Å². The van der Waals surface area contributed by atoms with Crippen LogP contribution < -0.4 is 0 Å². The molecular formula is C3H4O4P2. The monoisotopic (exact) mass is 166 g/mol. The second kappa shape index (κ2) is 3.60. The summed E-state index contributed by atoms with van der Waals surface area (Å²) in [7, 11) is -4.86. The molecule has 0 aliphatic heterocycles. The molecule has 1 unspecified atom stereocenters. The third-order valence-corrected chi connectivity index (χ3v) is 1.86. The highest BCUT2D eigenvalue weighted by atomic mass is 32.1. The molecule has 0 rings (SSSR count). The maximum atomic E-state index is 10.3. The summed E-state index contributed by atoms with van der Waals surface area (Å²) in [6.45, 7) is 3.06. The van der Waals surface area contributed by atoms with E-state index < -0.39 is 15.4 Å². The number of hydrogen-bond acceptors (Lipinski definition) is 3. The highest BCUT2D eigenvalue weighted by Gasteiger charge is 2.17. The zero-order chi connectivity index (χ0) is 7.33. The molecule has 6 heteroatoms. The first kappa shape index (κ1) is 8.61. The van der Waals surface area contributed by atoms with Crippen molar-refractivity contribution < 1.29 is 18.5 Å². The third-order valence-electron chi connectivity index (χ3n) is 0.377. The fourth-order valence-corrected chi connectivity index (χ4v) is 0.632. The Balaban J connectivity index is 4.03. The van der Waals surface area contributed by atoms with Crippen LogP contribution in [0.2, 0.25) is 0 Å². The van der Waals surface area contributed by atoms with Crippen molar-refractivity contribution in [2.45, 2.75) is 0 Å².